The van der Waals surface area contributed by atoms with Crippen LogP contribution in [-0.2, 0) is 37.6 Å². The Morgan fingerprint density at radius 1 is 1.32 bits per heavy atom. The number of aliphatic carboxylic acids is 1. The van der Waals surface area contributed by atoms with Crippen molar-refractivity contribution >= 4 is 75.6 Å². The van der Waals surface area contributed by atoms with E-state index in [2.05, 4.69) is 25.1 Å². The van der Waals surface area contributed by atoms with E-state index in [1.807, 2.05) is 0 Å². The summed E-state index contributed by atoms with van der Waals surface area (Å²) in [5.74, 6) is -3.10. The van der Waals surface area contributed by atoms with Gasteiger partial charge < -0.3 is 42.2 Å². The first-order valence-corrected chi connectivity index (χ1v) is 14.8. The smallest absolute Gasteiger partial charge is 0.350 e. The van der Waals surface area contributed by atoms with Crippen LogP contribution in [0, 0.1) is 5.92 Å². The summed E-state index contributed by atoms with van der Waals surface area (Å²) < 4.78 is 7.24. The fraction of sp³-hybridized carbons (Fsp3) is 0.458. The molecule has 236 valence electrons. The van der Waals surface area contributed by atoms with Crippen molar-refractivity contribution in [2.24, 2.45) is 23.9 Å². The van der Waals surface area contributed by atoms with E-state index in [9.17, 15) is 29.1 Å². The first-order valence-electron chi connectivity index (χ1n) is 13.1. The summed E-state index contributed by atoms with van der Waals surface area (Å²) in [6.45, 7) is 3.22. The van der Waals surface area contributed by atoms with Gasteiger partial charge >= 0.3 is 12.0 Å². The number of hydrogen-bond acceptors (Lipinski definition) is 14. The summed E-state index contributed by atoms with van der Waals surface area (Å²) in [7, 11) is 1.68. The normalized spacial score (nSPS) is 19.9. The van der Waals surface area contributed by atoms with Crippen molar-refractivity contribution in [2.75, 3.05) is 29.9 Å². The Morgan fingerprint density at radius 3 is 2.66 bits per heavy atom. The predicted molar refractivity (Wildman–Crippen MR) is 159 cm³/mol. The maximum Gasteiger partial charge on any atom is 0.350 e. The Labute approximate surface area is 258 Å². The molecule has 2 aliphatic heterocycles. The molecule has 0 aromatic carbocycles. The quantitative estimate of drug-likeness (QED) is 0.0481. The lowest BCUT2D eigenvalue weighted by molar-refractivity contribution is -0.765. The number of carbonyl (C=O) groups excluding carboxylic acids is 4. The first kappa shape index (κ1) is 32.4. The lowest BCUT2D eigenvalue weighted by atomic mass is 9.88. The van der Waals surface area contributed by atoms with E-state index in [4.69, 9.17) is 22.0 Å². The number of aldehydes is 1. The SMILES string of the molecule is Cn1c(N)c(NC(=O)NCCN)c[n+]1CC1=CSC2[C@H](CC(=O)/C(=N\OC(C)(C)C(=O)O)c3nsc(N)n3)C(=O)N2C1C=O. The number of fused-ring (bicyclic) bond motifs is 1. The monoisotopic (exact) mass is 650 g/mol. The highest BCUT2D eigenvalue weighted by Gasteiger charge is 2.54. The van der Waals surface area contributed by atoms with Crippen molar-refractivity contribution < 1.29 is 38.6 Å². The van der Waals surface area contributed by atoms with Crippen LogP contribution >= 0.6 is 23.3 Å². The third kappa shape index (κ3) is 6.50. The first-order chi connectivity index (χ1) is 20.8. The van der Waals surface area contributed by atoms with Gasteiger partial charge in [-0.15, -0.1) is 21.1 Å². The standard InChI is InChI=1S/C24H31N11O7S2/c1-24(2,21(39)40)42-31-16(18-30-22(27)44-32-18)15(37)6-12-19(38)35-14(9-36)11(10-43-20(12)35)7-34-8-13(17(26)33(34)3)29-23(41)28-5-4-25/h8-10,12,14,20,26H,4-7,25H2,1-3H3,(H5,27,28,29,30,32,39,40,41)/p+1/b31-16+/t12-,14?,20?/m1/s1. The van der Waals surface area contributed by atoms with Crippen LogP contribution in [0.2, 0.25) is 0 Å². The second kappa shape index (κ2) is 13.0. The van der Waals surface area contributed by atoms with Gasteiger partial charge in [0.25, 0.3) is 0 Å². The summed E-state index contributed by atoms with van der Waals surface area (Å²) in [5, 5.41) is 19.6. The second-order valence-electron chi connectivity index (χ2n) is 10.3. The number of anilines is 3. The van der Waals surface area contributed by atoms with Crippen molar-refractivity contribution in [1.82, 2.24) is 24.3 Å². The molecule has 4 rings (SSSR count). The average molecular weight is 651 g/mol. The highest BCUT2D eigenvalue weighted by molar-refractivity contribution is 8.02. The van der Waals surface area contributed by atoms with Gasteiger partial charge in [-0.2, -0.15) is 9.36 Å². The predicted octanol–water partition coefficient (Wildman–Crippen LogP) is -1.37. The number of amides is 3. The minimum Gasteiger partial charge on any atom is -0.478 e. The molecule has 3 atom stereocenters. The molecule has 2 aromatic heterocycles. The molecule has 4 heterocycles. The summed E-state index contributed by atoms with van der Waals surface area (Å²) in [6.07, 6.45) is 1.93. The third-order valence-electron chi connectivity index (χ3n) is 6.87. The van der Waals surface area contributed by atoms with E-state index < -0.39 is 46.6 Å². The molecule has 9 N–H and O–H groups in total. The lowest BCUT2D eigenvalue weighted by Gasteiger charge is -2.51. The maximum atomic E-state index is 13.3. The minimum atomic E-state index is -1.76. The number of urea groups is 1. The van der Waals surface area contributed by atoms with Gasteiger partial charge in [-0.25, -0.2) is 9.59 Å². The zero-order valence-electron chi connectivity index (χ0n) is 23.9. The van der Waals surface area contributed by atoms with E-state index in [0.717, 1.165) is 11.5 Å². The molecule has 0 spiro atoms. The van der Waals surface area contributed by atoms with Crippen LogP contribution < -0.4 is 32.5 Å². The number of β-lactam (4-membered cyclic amide) rings is 1. The zero-order valence-corrected chi connectivity index (χ0v) is 25.6. The maximum absolute atomic E-state index is 13.3. The van der Waals surface area contributed by atoms with Crippen LogP contribution in [0.4, 0.5) is 21.4 Å². The van der Waals surface area contributed by atoms with Crippen LogP contribution in [0.25, 0.3) is 0 Å². The van der Waals surface area contributed by atoms with E-state index >= 15 is 0 Å². The molecule has 2 aromatic rings. The zero-order chi connectivity index (χ0) is 32.3. The number of rotatable bonds is 13. The fourth-order valence-corrected chi connectivity index (χ4v) is 6.06. The molecule has 0 saturated carbocycles. The molecule has 2 unspecified atom stereocenters. The van der Waals surface area contributed by atoms with Gasteiger partial charge in [-0.1, -0.05) is 5.16 Å². The van der Waals surface area contributed by atoms with Gasteiger partial charge in [0.05, 0.1) is 18.3 Å². The van der Waals surface area contributed by atoms with Crippen LogP contribution in [0.1, 0.15) is 26.1 Å². The number of nitrogen functional groups attached to an aromatic ring is 2. The minimum absolute atomic E-state index is 0.0498. The van der Waals surface area contributed by atoms with Gasteiger partial charge in [0.1, 0.15) is 12.3 Å². The molecule has 20 heteroatoms. The number of carbonyl (C=O) groups is 5. The number of hydrogen-bond donors (Lipinski definition) is 6. The van der Waals surface area contributed by atoms with E-state index in [0.29, 0.717) is 17.5 Å². The Bertz CT molecular complexity index is 1550. The molecule has 44 heavy (non-hydrogen) atoms. The molecule has 3 amide bonds. The number of ketones is 1. The highest BCUT2D eigenvalue weighted by atomic mass is 32.2. The van der Waals surface area contributed by atoms with Crippen molar-refractivity contribution in [3.05, 3.63) is 23.0 Å². The second-order valence-corrected chi connectivity index (χ2v) is 12.1. The van der Waals surface area contributed by atoms with Crippen molar-refractivity contribution in [1.29, 1.82) is 0 Å². The summed E-state index contributed by atoms with van der Waals surface area (Å²) in [6, 6.07) is -1.38. The number of oxime groups is 1. The molecule has 0 radical (unpaired) electrons. The van der Waals surface area contributed by atoms with E-state index in [-0.39, 0.29) is 48.5 Å². The molecule has 2 aliphatic rings. The largest absolute Gasteiger partial charge is 0.478 e. The van der Waals surface area contributed by atoms with Crippen molar-refractivity contribution in [2.45, 2.75) is 43.8 Å². The highest BCUT2D eigenvalue weighted by Crippen LogP contribution is 2.44. The van der Waals surface area contributed by atoms with E-state index in [1.165, 1.54) is 30.5 Å². The number of carboxylic acids is 1. The number of nitrogens with two attached hydrogens (primary N) is 3. The van der Waals surface area contributed by atoms with Gasteiger partial charge in [0.2, 0.25) is 23.5 Å². The molecule has 1 fully saturated rings. The van der Waals surface area contributed by atoms with Gasteiger partial charge in [0, 0.05) is 36.6 Å². The van der Waals surface area contributed by atoms with Crippen LogP contribution in [-0.4, -0.2) is 89.8 Å². The Kier molecular flexibility index (Phi) is 9.54. The third-order valence-corrected chi connectivity index (χ3v) is 8.69. The topological polar surface area (TPSA) is 267 Å². The molecule has 0 bridgehead atoms. The van der Waals surface area contributed by atoms with E-state index in [1.54, 1.807) is 28.0 Å². The van der Waals surface area contributed by atoms with Crippen molar-refractivity contribution in [3.8, 4) is 0 Å². The molecule has 18 nitrogen and oxygen atoms in total. The Hall–Kier alpha value is -4.56. The Morgan fingerprint density at radius 2 is 2.05 bits per heavy atom. The summed E-state index contributed by atoms with van der Waals surface area (Å²) >= 11 is 2.08. The number of thioether (sulfide) groups is 1. The number of aromatic nitrogens is 4. The van der Waals surface area contributed by atoms with Crippen LogP contribution in [0.5, 0.6) is 0 Å². The summed E-state index contributed by atoms with van der Waals surface area (Å²) in [5.41, 5.74) is 16.0. The van der Waals surface area contributed by atoms with Crippen molar-refractivity contribution in [3.63, 3.8) is 0 Å². The Balaban J connectivity index is 1.50. The molecule has 1 saturated heterocycles. The molecular weight excluding hydrogens is 618 g/mol. The molecular formula is C24H32N11O7S2+. The van der Waals surface area contributed by atoms with Gasteiger partial charge in [-0.05, 0) is 19.3 Å². The lowest BCUT2D eigenvalue weighted by Crippen LogP contribution is -2.66. The number of nitrogens with zero attached hydrogens (tertiary/aromatic N) is 6. The van der Waals surface area contributed by atoms with Crippen LogP contribution in [0.15, 0.2) is 22.3 Å². The fourth-order valence-electron chi connectivity index (χ4n) is 4.33. The van der Waals surface area contributed by atoms with Crippen LogP contribution in [0.3, 0.4) is 0 Å². The van der Waals surface area contributed by atoms with Gasteiger partial charge in [-0.3, -0.25) is 14.9 Å². The number of nitrogens with one attached hydrogen (secondary N) is 2. The summed E-state index contributed by atoms with van der Waals surface area (Å²) in [4.78, 5) is 72.8. The average Bonchev–Trinajstić information content (AvgIpc) is 3.52. The molecule has 0 aliphatic carbocycles. The van der Waals surface area contributed by atoms with Gasteiger partial charge in [0.15, 0.2) is 34.7 Å². The number of carboxylic acid groups (broad SMARTS) is 1. The number of Topliss-reactive ketones (excluding diaryl/α,β-unsaturated/α-hetero) is 1.